The number of carbonyl (C=O) groups is 3. The highest BCUT2D eigenvalue weighted by Crippen LogP contribution is 2.29. The fourth-order valence-electron chi connectivity index (χ4n) is 5.90. The molecule has 2 aliphatic rings. The molecule has 2 amide bonds. The van der Waals surface area contributed by atoms with E-state index in [-0.39, 0.29) is 24.8 Å². The van der Waals surface area contributed by atoms with Crippen molar-refractivity contribution in [2.24, 2.45) is 0 Å². The number of anilines is 3. The van der Waals surface area contributed by atoms with Crippen LogP contribution in [0.15, 0.2) is 72.8 Å². The zero-order chi connectivity index (χ0) is 34.0. The Labute approximate surface area is 292 Å². The van der Waals surface area contributed by atoms with Crippen LogP contribution in [-0.4, -0.2) is 91.2 Å². The first kappa shape index (κ1) is 35.1. The Bertz CT molecular complexity index is 1580. The number of benzene rings is 3. The Balaban J connectivity index is 1.24. The molecule has 3 aromatic carbocycles. The SMILES string of the molecule is CCCOc1ccc(NC(=O)C[C@H]2C(=O)N(c3ccc(C(=O)OCC)cc3)C(=S)N2CCCN2CCN(c3cccc(Cl)c3)CC2)cc1. The smallest absolute Gasteiger partial charge is 0.338 e. The lowest BCUT2D eigenvalue weighted by atomic mass is 10.1. The number of piperazine rings is 1. The first-order valence-corrected chi connectivity index (χ1v) is 17.2. The highest BCUT2D eigenvalue weighted by Gasteiger charge is 2.44. The van der Waals surface area contributed by atoms with Crippen LogP contribution in [0.3, 0.4) is 0 Å². The summed E-state index contributed by atoms with van der Waals surface area (Å²) in [6.07, 6.45) is 1.60. The van der Waals surface area contributed by atoms with Crippen LogP contribution in [0.4, 0.5) is 17.1 Å². The summed E-state index contributed by atoms with van der Waals surface area (Å²) in [6.45, 7) is 9.61. The number of nitrogens with zero attached hydrogens (tertiary/aromatic N) is 4. The maximum atomic E-state index is 13.9. The summed E-state index contributed by atoms with van der Waals surface area (Å²) in [5.74, 6) is -0.278. The van der Waals surface area contributed by atoms with E-state index in [2.05, 4.69) is 21.2 Å². The minimum Gasteiger partial charge on any atom is -0.494 e. The summed E-state index contributed by atoms with van der Waals surface area (Å²) in [4.78, 5) is 47.5. The van der Waals surface area contributed by atoms with Crippen LogP contribution in [0, 0.1) is 0 Å². The molecule has 1 N–H and O–H groups in total. The molecule has 3 aromatic rings. The van der Waals surface area contributed by atoms with Gasteiger partial charge in [0.2, 0.25) is 5.91 Å². The van der Waals surface area contributed by atoms with E-state index in [4.69, 9.17) is 33.3 Å². The average Bonchev–Trinajstić information content (AvgIpc) is 3.32. The lowest BCUT2D eigenvalue weighted by molar-refractivity contribution is -0.124. The van der Waals surface area contributed by atoms with Gasteiger partial charge in [0.15, 0.2) is 5.11 Å². The minimum absolute atomic E-state index is 0.0667. The van der Waals surface area contributed by atoms with Gasteiger partial charge in [-0.15, -0.1) is 0 Å². The number of nitrogens with one attached hydrogen (secondary N) is 1. The van der Waals surface area contributed by atoms with Gasteiger partial charge in [0.05, 0.1) is 30.9 Å². The predicted octanol–water partition coefficient (Wildman–Crippen LogP) is 5.85. The fraction of sp³-hybridized carbons (Fsp3) is 0.389. The molecule has 12 heteroatoms. The number of halogens is 1. The van der Waals surface area contributed by atoms with Gasteiger partial charge in [-0.05, 0) is 105 Å². The van der Waals surface area contributed by atoms with E-state index < -0.39 is 12.0 Å². The van der Waals surface area contributed by atoms with Gasteiger partial charge in [-0.3, -0.25) is 19.4 Å². The maximum Gasteiger partial charge on any atom is 0.338 e. The van der Waals surface area contributed by atoms with Crippen LogP contribution < -0.4 is 19.9 Å². The second-order valence-corrected chi connectivity index (χ2v) is 12.5. The monoisotopic (exact) mass is 691 g/mol. The van der Waals surface area contributed by atoms with Crippen molar-refractivity contribution >= 4 is 63.8 Å². The molecule has 10 nitrogen and oxygen atoms in total. The van der Waals surface area contributed by atoms with Gasteiger partial charge in [0.25, 0.3) is 5.91 Å². The van der Waals surface area contributed by atoms with Crippen LogP contribution >= 0.6 is 23.8 Å². The predicted molar refractivity (Wildman–Crippen MR) is 193 cm³/mol. The minimum atomic E-state index is -0.769. The second kappa shape index (κ2) is 16.8. The molecule has 0 radical (unpaired) electrons. The van der Waals surface area contributed by atoms with Crippen molar-refractivity contribution in [3.8, 4) is 5.75 Å². The van der Waals surface area contributed by atoms with E-state index in [1.165, 1.54) is 4.90 Å². The van der Waals surface area contributed by atoms with Crippen molar-refractivity contribution in [1.82, 2.24) is 9.80 Å². The largest absolute Gasteiger partial charge is 0.494 e. The van der Waals surface area contributed by atoms with Gasteiger partial charge in [-0.25, -0.2) is 4.79 Å². The average molecular weight is 692 g/mol. The summed E-state index contributed by atoms with van der Waals surface area (Å²) in [7, 11) is 0. The van der Waals surface area contributed by atoms with Crippen molar-refractivity contribution in [3.05, 3.63) is 83.4 Å². The van der Waals surface area contributed by atoms with Crippen LogP contribution in [0.1, 0.15) is 43.5 Å². The van der Waals surface area contributed by atoms with E-state index in [0.717, 1.165) is 62.0 Å². The van der Waals surface area contributed by atoms with E-state index in [1.54, 1.807) is 43.3 Å². The number of ether oxygens (including phenoxy) is 2. The van der Waals surface area contributed by atoms with E-state index in [9.17, 15) is 14.4 Å². The first-order chi connectivity index (χ1) is 23.3. The number of esters is 1. The van der Waals surface area contributed by atoms with Gasteiger partial charge in [-0.1, -0.05) is 24.6 Å². The number of amides is 2. The second-order valence-electron chi connectivity index (χ2n) is 11.7. The Kier molecular flexibility index (Phi) is 12.3. The van der Waals surface area contributed by atoms with Crippen LogP contribution in [0.25, 0.3) is 0 Å². The Morgan fingerprint density at radius 2 is 1.67 bits per heavy atom. The normalized spacial score (nSPS) is 16.7. The van der Waals surface area contributed by atoms with E-state index in [1.807, 2.05) is 42.2 Å². The molecular weight excluding hydrogens is 650 g/mol. The van der Waals surface area contributed by atoms with Crippen molar-refractivity contribution in [1.29, 1.82) is 0 Å². The van der Waals surface area contributed by atoms with Crippen LogP contribution in [-0.2, 0) is 14.3 Å². The molecule has 2 aliphatic heterocycles. The number of hydrogen-bond acceptors (Lipinski definition) is 8. The van der Waals surface area contributed by atoms with Crippen molar-refractivity contribution in [3.63, 3.8) is 0 Å². The fourth-order valence-corrected chi connectivity index (χ4v) is 6.49. The summed E-state index contributed by atoms with van der Waals surface area (Å²) in [6, 6.07) is 20.9. The van der Waals surface area contributed by atoms with Gasteiger partial charge < -0.3 is 24.6 Å². The van der Waals surface area contributed by atoms with Crippen molar-refractivity contribution < 1.29 is 23.9 Å². The maximum absolute atomic E-state index is 13.9. The number of thiocarbonyl (C=S) groups is 1. The molecule has 2 heterocycles. The van der Waals surface area contributed by atoms with Gasteiger partial charge >= 0.3 is 5.97 Å². The van der Waals surface area contributed by atoms with E-state index >= 15 is 0 Å². The third-order valence-electron chi connectivity index (χ3n) is 8.36. The molecule has 2 saturated heterocycles. The molecule has 254 valence electrons. The molecule has 0 aliphatic carbocycles. The zero-order valence-corrected chi connectivity index (χ0v) is 29.0. The number of hydrogen-bond donors (Lipinski definition) is 1. The van der Waals surface area contributed by atoms with Crippen molar-refractivity contribution in [2.45, 2.75) is 39.2 Å². The Morgan fingerprint density at radius 1 is 0.938 bits per heavy atom. The molecular formula is C36H42ClN5O5S. The molecule has 0 bridgehead atoms. The molecule has 0 saturated carbocycles. The van der Waals surface area contributed by atoms with Gasteiger partial charge in [-0.2, -0.15) is 0 Å². The molecule has 0 spiro atoms. The standard InChI is InChI=1S/C36H42ClN5O5S/c1-3-23-47-31-15-11-28(12-16-31)38-33(43)25-32-34(44)42(29-13-9-26(10-14-29)35(45)46-4-2)36(48)41(32)18-6-17-39-19-21-40(22-20-39)30-8-5-7-27(37)24-30/h5,7-16,24,32H,3-4,6,17-23,25H2,1-2H3,(H,38,43)/t32-/m0/s1. The number of rotatable bonds is 14. The Morgan fingerprint density at radius 3 is 2.33 bits per heavy atom. The van der Waals surface area contributed by atoms with Gasteiger partial charge in [0, 0.05) is 49.1 Å². The summed E-state index contributed by atoms with van der Waals surface area (Å²) < 4.78 is 10.7. The quantitative estimate of drug-likeness (QED) is 0.165. The zero-order valence-electron chi connectivity index (χ0n) is 27.4. The summed E-state index contributed by atoms with van der Waals surface area (Å²) in [5.41, 5.74) is 2.66. The third-order valence-corrected chi connectivity index (χ3v) is 9.02. The van der Waals surface area contributed by atoms with Crippen LogP contribution in [0.2, 0.25) is 5.02 Å². The Hall–Kier alpha value is -4.19. The lowest BCUT2D eigenvalue weighted by Gasteiger charge is -2.36. The lowest BCUT2D eigenvalue weighted by Crippen LogP contribution is -2.47. The highest BCUT2D eigenvalue weighted by atomic mass is 35.5. The van der Waals surface area contributed by atoms with E-state index in [0.29, 0.717) is 35.2 Å². The molecule has 5 rings (SSSR count). The van der Waals surface area contributed by atoms with Gasteiger partial charge in [0.1, 0.15) is 11.8 Å². The molecule has 1 atom stereocenters. The first-order valence-electron chi connectivity index (χ1n) is 16.4. The number of carbonyl (C=O) groups excluding carboxylic acids is 3. The third kappa shape index (κ3) is 8.83. The van der Waals surface area contributed by atoms with Crippen LogP contribution in [0.5, 0.6) is 5.75 Å². The topological polar surface area (TPSA) is 94.7 Å². The summed E-state index contributed by atoms with van der Waals surface area (Å²) >= 11 is 12.1. The molecule has 2 fully saturated rings. The van der Waals surface area contributed by atoms with Crippen molar-refractivity contribution in [2.75, 3.05) is 67.6 Å². The molecule has 0 unspecified atom stereocenters. The molecule has 48 heavy (non-hydrogen) atoms. The summed E-state index contributed by atoms with van der Waals surface area (Å²) in [5, 5.41) is 3.98. The molecule has 0 aromatic heterocycles. The highest BCUT2D eigenvalue weighted by molar-refractivity contribution is 7.80.